The zero-order valence-corrected chi connectivity index (χ0v) is 14.4. The van der Waals surface area contributed by atoms with Gasteiger partial charge in [-0.15, -0.1) is 0 Å². The van der Waals surface area contributed by atoms with E-state index in [1.165, 1.54) is 31.2 Å². The van der Waals surface area contributed by atoms with Crippen LogP contribution in [0.25, 0.3) is 0 Å². The maximum Gasteiger partial charge on any atom is 0.341 e. The summed E-state index contributed by atoms with van der Waals surface area (Å²) in [5.41, 5.74) is 0.806. The third kappa shape index (κ3) is 5.14. The fraction of sp³-hybridized carbons (Fsp3) is 0.300. The predicted octanol–water partition coefficient (Wildman–Crippen LogP) is 4.03. The van der Waals surface area contributed by atoms with E-state index in [-0.39, 0.29) is 11.6 Å². The summed E-state index contributed by atoms with van der Waals surface area (Å²) in [5, 5.41) is 2.90. The molecule has 0 heterocycles. The summed E-state index contributed by atoms with van der Waals surface area (Å²) < 4.78 is 18.7. The van der Waals surface area contributed by atoms with Crippen molar-refractivity contribution in [3.63, 3.8) is 0 Å². The fourth-order valence-electron chi connectivity index (χ4n) is 2.49. The zero-order chi connectivity index (χ0) is 18.2. The molecule has 0 aliphatic heterocycles. The van der Waals surface area contributed by atoms with Gasteiger partial charge in [-0.1, -0.05) is 55.8 Å². The van der Waals surface area contributed by atoms with Crippen LogP contribution in [0.1, 0.15) is 48.7 Å². The summed E-state index contributed by atoms with van der Waals surface area (Å²) in [6.07, 6.45) is 0.641. The Balaban J connectivity index is 2.01. The molecule has 0 aliphatic carbocycles. The molecule has 2 aromatic rings. The van der Waals surface area contributed by atoms with Gasteiger partial charge >= 0.3 is 5.97 Å². The van der Waals surface area contributed by atoms with E-state index in [2.05, 4.69) is 5.32 Å². The van der Waals surface area contributed by atoms with Gasteiger partial charge in [-0.05, 0) is 31.0 Å². The highest BCUT2D eigenvalue weighted by Gasteiger charge is 2.23. The molecule has 0 saturated carbocycles. The summed E-state index contributed by atoms with van der Waals surface area (Å²) in [7, 11) is 0. The summed E-state index contributed by atoms with van der Waals surface area (Å²) >= 11 is 0. The molecule has 0 aromatic heterocycles. The Kier molecular flexibility index (Phi) is 6.69. The summed E-state index contributed by atoms with van der Waals surface area (Å²) in [6.45, 7) is 3.51. The minimum atomic E-state index is -1.02. The van der Waals surface area contributed by atoms with Crippen molar-refractivity contribution in [2.45, 2.75) is 38.8 Å². The first-order valence-corrected chi connectivity index (χ1v) is 8.33. The number of hydrogen-bond acceptors (Lipinski definition) is 3. The van der Waals surface area contributed by atoms with Crippen molar-refractivity contribution < 1.29 is 18.7 Å². The number of esters is 1. The lowest BCUT2D eigenvalue weighted by atomic mass is 10.0. The van der Waals surface area contributed by atoms with Gasteiger partial charge in [0, 0.05) is 0 Å². The van der Waals surface area contributed by atoms with Gasteiger partial charge in [0.1, 0.15) is 5.82 Å². The molecule has 0 radical (unpaired) electrons. The predicted molar refractivity (Wildman–Crippen MR) is 93.5 cm³/mol. The zero-order valence-electron chi connectivity index (χ0n) is 14.4. The normalized spacial score (nSPS) is 12.9. The molecule has 0 fully saturated rings. The lowest BCUT2D eigenvalue weighted by molar-refractivity contribution is -0.129. The van der Waals surface area contributed by atoms with Crippen LogP contribution in [0.3, 0.4) is 0 Å². The number of carbonyl (C=O) groups excluding carboxylic acids is 2. The second-order valence-corrected chi connectivity index (χ2v) is 5.79. The molecule has 0 aliphatic rings. The molecule has 2 aromatic carbocycles. The topological polar surface area (TPSA) is 55.4 Å². The number of rotatable bonds is 7. The average molecular weight is 343 g/mol. The van der Waals surface area contributed by atoms with Crippen molar-refractivity contribution in [1.82, 2.24) is 5.32 Å². The lowest BCUT2D eigenvalue weighted by Crippen LogP contribution is -2.38. The van der Waals surface area contributed by atoms with Crippen LogP contribution in [0.4, 0.5) is 4.39 Å². The van der Waals surface area contributed by atoms with Gasteiger partial charge in [-0.3, -0.25) is 4.79 Å². The minimum absolute atomic E-state index is 0.159. The van der Waals surface area contributed by atoms with Gasteiger partial charge in [0.05, 0.1) is 11.6 Å². The van der Waals surface area contributed by atoms with Crippen molar-refractivity contribution in [3.05, 3.63) is 71.5 Å². The van der Waals surface area contributed by atoms with E-state index in [4.69, 9.17) is 4.74 Å². The molecular formula is C20H22FNO3. The molecule has 2 rings (SSSR count). The average Bonchev–Trinajstić information content (AvgIpc) is 2.62. The van der Waals surface area contributed by atoms with E-state index in [1.807, 2.05) is 37.3 Å². The van der Waals surface area contributed by atoms with Crippen molar-refractivity contribution in [2.24, 2.45) is 0 Å². The van der Waals surface area contributed by atoms with Gasteiger partial charge < -0.3 is 10.1 Å². The van der Waals surface area contributed by atoms with E-state index in [0.717, 1.165) is 18.4 Å². The van der Waals surface area contributed by atoms with Crippen LogP contribution in [0.15, 0.2) is 54.6 Å². The second kappa shape index (κ2) is 8.97. The first-order valence-electron chi connectivity index (χ1n) is 8.33. The van der Waals surface area contributed by atoms with Gasteiger partial charge in [0.2, 0.25) is 0 Å². The number of amides is 1. The monoisotopic (exact) mass is 343 g/mol. The van der Waals surface area contributed by atoms with E-state index in [0.29, 0.717) is 0 Å². The standard InChI is InChI=1S/C20H22FNO3/c1-3-9-18(15-10-5-4-6-11-15)22-19(23)14(2)25-20(24)16-12-7-8-13-17(16)21/h4-8,10-14,18H,3,9H2,1-2H3,(H,22,23)/t14-,18+/m0/s1. The van der Waals surface area contributed by atoms with Crippen LogP contribution in [0.2, 0.25) is 0 Å². The largest absolute Gasteiger partial charge is 0.449 e. The fourth-order valence-corrected chi connectivity index (χ4v) is 2.49. The molecule has 4 nitrogen and oxygen atoms in total. The van der Waals surface area contributed by atoms with Crippen molar-refractivity contribution in [1.29, 1.82) is 0 Å². The molecule has 0 bridgehead atoms. The smallest absolute Gasteiger partial charge is 0.341 e. The maximum atomic E-state index is 13.6. The number of benzene rings is 2. The third-order valence-corrected chi connectivity index (χ3v) is 3.84. The molecule has 2 atom stereocenters. The molecular weight excluding hydrogens is 321 g/mol. The van der Waals surface area contributed by atoms with E-state index in [1.54, 1.807) is 0 Å². The molecule has 0 saturated heterocycles. The highest BCUT2D eigenvalue weighted by atomic mass is 19.1. The molecule has 5 heteroatoms. The number of hydrogen-bond donors (Lipinski definition) is 1. The third-order valence-electron chi connectivity index (χ3n) is 3.84. The highest BCUT2D eigenvalue weighted by Crippen LogP contribution is 2.18. The van der Waals surface area contributed by atoms with Crippen molar-refractivity contribution in [3.8, 4) is 0 Å². The molecule has 0 spiro atoms. The first kappa shape index (κ1) is 18.6. The quantitative estimate of drug-likeness (QED) is 0.772. The van der Waals surface area contributed by atoms with Crippen LogP contribution in [-0.2, 0) is 9.53 Å². The Labute approximate surface area is 147 Å². The van der Waals surface area contributed by atoms with Crippen LogP contribution < -0.4 is 5.32 Å². The Hall–Kier alpha value is -2.69. The number of halogens is 1. The SMILES string of the molecule is CCC[C@@H](NC(=O)[C@H](C)OC(=O)c1ccccc1F)c1ccccc1. The van der Waals surface area contributed by atoms with Crippen molar-refractivity contribution in [2.75, 3.05) is 0 Å². The van der Waals surface area contributed by atoms with Crippen LogP contribution in [0, 0.1) is 5.82 Å². The minimum Gasteiger partial charge on any atom is -0.449 e. The lowest BCUT2D eigenvalue weighted by Gasteiger charge is -2.21. The van der Waals surface area contributed by atoms with E-state index in [9.17, 15) is 14.0 Å². The van der Waals surface area contributed by atoms with E-state index < -0.39 is 23.8 Å². The molecule has 1 amide bonds. The summed E-state index contributed by atoms with van der Waals surface area (Å²) in [6, 6.07) is 15.0. The highest BCUT2D eigenvalue weighted by molar-refractivity contribution is 5.92. The van der Waals surface area contributed by atoms with Gasteiger partial charge in [-0.25, -0.2) is 9.18 Å². The van der Waals surface area contributed by atoms with Crippen LogP contribution in [-0.4, -0.2) is 18.0 Å². The Morgan fingerprint density at radius 2 is 1.72 bits per heavy atom. The Morgan fingerprint density at radius 1 is 1.08 bits per heavy atom. The number of ether oxygens (including phenoxy) is 1. The van der Waals surface area contributed by atoms with E-state index >= 15 is 0 Å². The van der Waals surface area contributed by atoms with Crippen molar-refractivity contribution >= 4 is 11.9 Å². The van der Waals surface area contributed by atoms with Gasteiger partial charge in [0.25, 0.3) is 5.91 Å². The summed E-state index contributed by atoms with van der Waals surface area (Å²) in [4.78, 5) is 24.4. The number of nitrogens with one attached hydrogen (secondary N) is 1. The molecule has 25 heavy (non-hydrogen) atoms. The van der Waals surface area contributed by atoms with Crippen LogP contribution in [0.5, 0.6) is 0 Å². The second-order valence-electron chi connectivity index (χ2n) is 5.79. The van der Waals surface area contributed by atoms with Gasteiger partial charge in [0.15, 0.2) is 6.10 Å². The van der Waals surface area contributed by atoms with Crippen LogP contribution >= 0.6 is 0 Å². The maximum absolute atomic E-state index is 13.6. The Morgan fingerprint density at radius 3 is 2.36 bits per heavy atom. The first-order chi connectivity index (χ1) is 12.0. The molecule has 0 unspecified atom stereocenters. The summed E-state index contributed by atoms with van der Waals surface area (Å²) in [5.74, 6) is -1.94. The van der Waals surface area contributed by atoms with Gasteiger partial charge in [-0.2, -0.15) is 0 Å². The molecule has 1 N–H and O–H groups in total. The Bertz CT molecular complexity index is 718. The molecule has 132 valence electrons. The number of carbonyl (C=O) groups is 2.